The van der Waals surface area contributed by atoms with Gasteiger partial charge in [-0.3, -0.25) is 0 Å². The van der Waals surface area contributed by atoms with Gasteiger partial charge in [0.1, 0.15) is 0 Å². The van der Waals surface area contributed by atoms with E-state index in [1.165, 1.54) is 0 Å². The van der Waals surface area contributed by atoms with Gasteiger partial charge < -0.3 is 0 Å². The molecule has 70 heteroatoms. The SMILES string of the molecule is FC(F)(F)C(F)(F)C(F)(F)C(F)(F)C(F)(F)C(F)(F)C(F)(F)C(F)(F)CCP(CCC(F)(F)C(F)(F)C(F)(F)C(F)(F)C(F)(F)C(F)(F)C(F)(F)C(F)(F)F)Cc1cccc(CP(CCC(F)(F)C(F)(F)C(F)(F)C(F)(F)C(F)(F)C(F)(F)C(F)(F)C(F)(F)F)CCC(F)(F)C(F)(F)C(F)(F)C(F)(F)C(F)(F)C(F)(F)C(F)(F)C(F)(F)F)c1. The molecule has 0 fully saturated rings. The molecule has 0 aliphatic carbocycles. The fraction of sp³-hybridized carbons (Fsp3) is 0.875. The molecule has 0 unspecified atom stereocenters. The summed E-state index contributed by atoms with van der Waals surface area (Å²) in [6.45, 7) is 0. The molecule has 0 heterocycles. The van der Waals surface area contributed by atoms with Gasteiger partial charge in [0.15, 0.2) is 0 Å². The molecular formula is C48H24F68P2. The molecular weight excluding hydrogens is 1930 g/mol. The Morgan fingerprint density at radius 3 is 0.381 bits per heavy atom. The van der Waals surface area contributed by atoms with Crippen LogP contribution in [-0.2, 0) is 12.3 Å². The molecule has 1 aromatic carbocycles. The third-order valence-electron chi connectivity index (χ3n) is 15.9. The van der Waals surface area contributed by atoms with E-state index in [2.05, 4.69) is 0 Å². The number of hydrogen-bond donors (Lipinski definition) is 0. The van der Waals surface area contributed by atoms with E-state index in [4.69, 9.17) is 0 Å². The summed E-state index contributed by atoms with van der Waals surface area (Å²) in [6, 6.07) is -1.56. The van der Waals surface area contributed by atoms with Crippen LogP contribution in [0.1, 0.15) is 36.8 Å². The Morgan fingerprint density at radius 2 is 0.263 bits per heavy atom. The van der Waals surface area contributed by atoms with Gasteiger partial charge in [-0.15, -0.1) is 15.8 Å². The van der Waals surface area contributed by atoms with E-state index in [0.29, 0.717) is 0 Å². The molecule has 0 spiro atoms. The lowest BCUT2D eigenvalue weighted by atomic mass is 9.88. The fourth-order valence-electron chi connectivity index (χ4n) is 8.49. The van der Waals surface area contributed by atoms with E-state index in [1.54, 1.807) is 0 Å². The lowest BCUT2D eigenvalue weighted by Crippen LogP contribution is -2.74. The number of halogens is 68. The largest absolute Gasteiger partial charge is 0.460 e. The van der Waals surface area contributed by atoms with Gasteiger partial charge >= 0.3 is 191 Å². The molecule has 1 aromatic rings. The second kappa shape index (κ2) is 30.6. The Hall–Kier alpha value is -4.68. The molecule has 702 valence electrons. The Balaban J connectivity index is 4.74. The highest BCUT2D eigenvalue weighted by molar-refractivity contribution is 7.57. The summed E-state index contributed by atoms with van der Waals surface area (Å²) in [5.74, 6) is -257. The predicted octanol–water partition coefficient (Wildman–Crippen LogP) is 27.2. The molecule has 0 aliphatic rings. The van der Waals surface area contributed by atoms with Gasteiger partial charge in [0.25, 0.3) is 0 Å². The summed E-state index contributed by atoms with van der Waals surface area (Å²) in [5.41, 5.74) is -3.84. The molecule has 0 atom stereocenters. The van der Waals surface area contributed by atoms with Crippen molar-refractivity contribution in [2.75, 3.05) is 24.6 Å². The van der Waals surface area contributed by atoms with E-state index in [1.807, 2.05) is 0 Å². The average Bonchev–Trinajstić information content (AvgIpc) is 0.708. The van der Waals surface area contributed by atoms with Gasteiger partial charge in [0.2, 0.25) is 0 Å². The standard InChI is InChI=1S/C48H24F68P2/c49-17(50,21(57,58)25(65,66)29(73,74)33(81,82)37(89,90)41(97,98)45(105,106)107)4-8-117(9-5-18(51,52)22(59,60)26(67,68)30(75,76)34(83,84)38(91,92)42(99,100)46(108,109)110)13-15-2-1-3-16(12-15)14-118(10-6-19(53,54)23(61,62)27(69,70)31(77,78)35(85,86)39(93,94)43(101,102)47(111,112)113)11-7-20(55,56)24(63,64)28(71,72)32(79,80)36(87,88)40(95,96)44(103,104)48(114,115)116/h1-3,12H,4-11,13-14H2. The second-order valence-electron chi connectivity index (χ2n) is 24.0. The monoisotopic (exact) mass is 1950 g/mol. The Kier molecular flexibility index (Phi) is 28.9. The Morgan fingerprint density at radius 1 is 0.153 bits per heavy atom. The lowest BCUT2D eigenvalue weighted by molar-refractivity contribution is -0.461. The van der Waals surface area contributed by atoms with Gasteiger partial charge in [0.05, 0.1) is 0 Å². The maximum atomic E-state index is 15.2. The minimum Gasteiger partial charge on any atom is -0.200 e. The molecule has 1 rings (SSSR count). The third kappa shape index (κ3) is 16.2. The van der Waals surface area contributed by atoms with Crippen LogP contribution in [0.4, 0.5) is 299 Å². The van der Waals surface area contributed by atoms with Crippen LogP contribution in [0.2, 0.25) is 0 Å². The normalized spacial score (nSPS) is 16.8. The van der Waals surface area contributed by atoms with E-state index in [0.717, 1.165) is 0 Å². The molecule has 0 nitrogen and oxygen atoms in total. The molecule has 0 aromatic heterocycles. The van der Waals surface area contributed by atoms with E-state index in [9.17, 15) is 263 Å². The molecule has 0 bridgehead atoms. The maximum Gasteiger partial charge on any atom is 0.460 e. The first-order valence-electron chi connectivity index (χ1n) is 27.7. The highest BCUT2D eigenvalue weighted by atomic mass is 31.1. The Labute approximate surface area is 603 Å². The molecule has 0 amide bonds. The van der Waals surface area contributed by atoms with Crippen molar-refractivity contribution < 1.29 is 299 Å². The predicted molar refractivity (Wildman–Crippen MR) is 248 cm³/mol. The molecule has 0 aliphatic heterocycles. The zero-order chi connectivity index (χ0) is 96.2. The molecule has 118 heavy (non-hydrogen) atoms. The first-order chi connectivity index (χ1) is 50.3. The first kappa shape index (κ1) is 111. The van der Waals surface area contributed by atoms with Crippen LogP contribution in [-0.4, -0.2) is 215 Å². The van der Waals surface area contributed by atoms with E-state index >= 15 is 35.1 Å². The minimum absolute atomic E-state index is 0.313. The smallest absolute Gasteiger partial charge is 0.200 e. The maximum absolute atomic E-state index is 15.2. The highest BCUT2D eigenvalue weighted by Crippen LogP contribution is 2.71. The summed E-state index contributed by atoms with van der Waals surface area (Å²) in [6.07, 6.45) is -69.7. The van der Waals surface area contributed by atoms with Gasteiger partial charge in [0, 0.05) is 25.7 Å². The third-order valence-corrected chi connectivity index (χ3v) is 21.0. The van der Waals surface area contributed by atoms with Crippen molar-refractivity contribution in [3.63, 3.8) is 0 Å². The van der Waals surface area contributed by atoms with Crippen molar-refractivity contribution >= 4 is 15.8 Å². The quantitative estimate of drug-likeness (QED) is 0.0454. The zero-order valence-corrected chi connectivity index (χ0v) is 54.8. The Bertz CT molecular complexity index is 3140. The van der Waals surface area contributed by atoms with Crippen LogP contribution in [0.5, 0.6) is 0 Å². The van der Waals surface area contributed by atoms with Gasteiger partial charge in [-0.05, 0) is 48.1 Å². The highest BCUT2D eigenvalue weighted by Gasteiger charge is 3.00. The van der Waals surface area contributed by atoms with E-state index < -0.39 is 286 Å². The van der Waals surface area contributed by atoms with Crippen LogP contribution in [0.15, 0.2) is 24.3 Å². The van der Waals surface area contributed by atoms with Crippen molar-refractivity contribution in [2.45, 2.75) is 229 Å². The zero-order valence-electron chi connectivity index (χ0n) is 53.0. The number of alkyl halides is 68. The summed E-state index contributed by atoms with van der Waals surface area (Å²) < 4.78 is 954. The van der Waals surface area contributed by atoms with Crippen LogP contribution >= 0.6 is 15.8 Å². The van der Waals surface area contributed by atoms with Crippen molar-refractivity contribution in [1.82, 2.24) is 0 Å². The van der Waals surface area contributed by atoms with Crippen LogP contribution < -0.4 is 0 Å². The molecule has 0 N–H and O–H groups in total. The molecule has 0 saturated heterocycles. The van der Waals surface area contributed by atoms with Gasteiger partial charge in [-0.1, -0.05) is 24.3 Å². The van der Waals surface area contributed by atoms with Crippen molar-refractivity contribution in [2.24, 2.45) is 0 Å². The topological polar surface area (TPSA) is 0 Å². The van der Waals surface area contributed by atoms with Crippen LogP contribution in [0.25, 0.3) is 0 Å². The summed E-state index contributed by atoms with van der Waals surface area (Å²) >= 11 is 0. The minimum atomic E-state index is -9.65. The van der Waals surface area contributed by atoms with Gasteiger partial charge in [-0.2, -0.15) is 299 Å². The van der Waals surface area contributed by atoms with Crippen molar-refractivity contribution in [1.29, 1.82) is 0 Å². The average molecular weight is 1950 g/mol. The fourth-order valence-corrected chi connectivity index (χ4v) is 13.4. The second-order valence-corrected chi connectivity index (χ2v) is 29.1. The summed E-state index contributed by atoms with van der Waals surface area (Å²) in [7, 11) is -9.85. The molecule has 0 saturated carbocycles. The number of benzene rings is 1. The first-order valence-corrected chi connectivity index (χ1v) is 31.5. The summed E-state index contributed by atoms with van der Waals surface area (Å²) in [4.78, 5) is 0. The number of hydrogen-bond acceptors (Lipinski definition) is 0. The van der Waals surface area contributed by atoms with Crippen LogP contribution in [0, 0.1) is 0 Å². The van der Waals surface area contributed by atoms with Gasteiger partial charge in [-0.25, -0.2) is 0 Å². The molecule has 0 radical (unpaired) electrons. The lowest BCUT2D eigenvalue weighted by Gasteiger charge is -2.43. The number of rotatable bonds is 40. The van der Waals surface area contributed by atoms with E-state index in [-0.39, 0.29) is 18.2 Å². The van der Waals surface area contributed by atoms with Crippen LogP contribution in [0.3, 0.4) is 0 Å². The summed E-state index contributed by atoms with van der Waals surface area (Å²) in [5, 5.41) is 0. The van der Waals surface area contributed by atoms with Crippen molar-refractivity contribution in [3.05, 3.63) is 35.4 Å². The van der Waals surface area contributed by atoms with Crippen molar-refractivity contribution in [3.8, 4) is 0 Å².